The Labute approximate surface area is 116 Å². The van der Waals surface area contributed by atoms with Crippen molar-refractivity contribution in [2.75, 3.05) is 33.9 Å². The summed E-state index contributed by atoms with van der Waals surface area (Å²) in [5.41, 5.74) is 0.251. The lowest BCUT2D eigenvalue weighted by atomic mass is 10.4. The van der Waals surface area contributed by atoms with Gasteiger partial charge in [0.05, 0.1) is 20.7 Å². The van der Waals surface area contributed by atoms with Crippen molar-refractivity contribution < 1.29 is 39.1 Å². The first-order valence-corrected chi connectivity index (χ1v) is 5.79. The Morgan fingerprint density at radius 3 is 2.15 bits per heavy atom. The third-order valence-electron chi connectivity index (χ3n) is 1.64. The summed E-state index contributed by atoms with van der Waals surface area (Å²) in [5, 5.41) is 20.0. The number of aliphatic carboxylic acids is 2. The van der Waals surface area contributed by atoms with Crippen LogP contribution in [-0.2, 0) is 24.0 Å². The summed E-state index contributed by atoms with van der Waals surface area (Å²) >= 11 is 0. The van der Waals surface area contributed by atoms with Gasteiger partial charge in [-0.3, -0.25) is 0 Å². The van der Waals surface area contributed by atoms with E-state index in [4.69, 9.17) is 29.4 Å². The van der Waals surface area contributed by atoms with Crippen LogP contribution in [0.25, 0.3) is 0 Å². The summed E-state index contributed by atoms with van der Waals surface area (Å²) in [6.45, 7) is 5.02. The predicted molar refractivity (Wildman–Crippen MR) is 66.0 cm³/mol. The Hall–Kier alpha value is -2.16. The van der Waals surface area contributed by atoms with Crippen LogP contribution in [0.3, 0.4) is 0 Å². The maximum Gasteiger partial charge on any atom is 0.355 e. The molecule has 0 saturated heterocycles. The van der Waals surface area contributed by atoms with Crippen LogP contribution < -0.4 is 10.0 Å². The number of rotatable bonds is 6. The first-order chi connectivity index (χ1) is 9.22. The molecule has 0 unspecified atom stereocenters. The molecule has 0 radical (unpaired) electrons. The highest BCUT2D eigenvalue weighted by atomic mass is 16.6. The Bertz CT molecular complexity index is 341. The molecular formula is C11H20N2O7. The lowest BCUT2D eigenvalue weighted by Gasteiger charge is -2.05. The second-order valence-corrected chi connectivity index (χ2v) is 3.78. The van der Waals surface area contributed by atoms with Crippen molar-refractivity contribution in [1.82, 2.24) is 0 Å². The van der Waals surface area contributed by atoms with Gasteiger partial charge in [0.15, 0.2) is 18.3 Å². The van der Waals surface area contributed by atoms with Gasteiger partial charge in [-0.05, 0) is 13.8 Å². The van der Waals surface area contributed by atoms with E-state index in [2.05, 4.69) is 5.16 Å². The predicted octanol–water partition coefficient (Wildman–Crippen LogP) is -3.09. The number of esters is 1. The Balaban J connectivity index is 0. The molecule has 0 aliphatic carbocycles. The zero-order chi connectivity index (χ0) is 16.1. The molecule has 0 rings (SSSR count). The third kappa shape index (κ3) is 13.9. The van der Waals surface area contributed by atoms with Crippen LogP contribution in [0.4, 0.5) is 0 Å². The van der Waals surface area contributed by atoms with Crippen molar-refractivity contribution in [3.05, 3.63) is 0 Å². The van der Waals surface area contributed by atoms with Gasteiger partial charge in [0, 0.05) is 0 Å². The molecule has 0 atom stereocenters. The van der Waals surface area contributed by atoms with Crippen LogP contribution in [0, 0.1) is 0 Å². The van der Waals surface area contributed by atoms with Crippen LogP contribution in [0.1, 0.15) is 13.8 Å². The van der Waals surface area contributed by atoms with E-state index in [1.54, 1.807) is 13.8 Å². The molecule has 0 aromatic rings. The number of nitrogens with zero attached hydrogens (tertiary/aromatic N) is 1. The second kappa shape index (κ2) is 11.9. The van der Waals surface area contributed by atoms with Crippen molar-refractivity contribution in [3.63, 3.8) is 0 Å². The second-order valence-electron chi connectivity index (χ2n) is 3.78. The maximum absolute atomic E-state index is 11.0. The van der Waals surface area contributed by atoms with Crippen molar-refractivity contribution in [1.29, 1.82) is 0 Å². The smallest absolute Gasteiger partial charge is 0.355 e. The van der Waals surface area contributed by atoms with E-state index in [-0.39, 0.29) is 5.71 Å². The van der Waals surface area contributed by atoms with E-state index < -0.39 is 17.9 Å². The van der Waals surface area contributed by atoms with Crippen LogP contribution in [-0.4, -0.2) is 62.6 Å². The fourth-order valence-electron chi connectivity index (χ4n) is 0.665. The molecule has 0 aliphatic heterocycles. The number of ether oxygens (including phenoxy) is 1. The molecule has 0 saturated carbocycles. The number of carboxylic acid groups (broad SMARTS) is 2. The number of carboxylic acids is 2. The minimum Gasteiger partial charge on any atom is -0.539 e. The van der Waals surface area contributed by atoms with Gasteiger partial charge in [-0.15, -0.1) is 0 Å². The van der Waals surface area contributed by atoms with E-state index in [1.165, 1.54) is 4.90 Å². The highest BCUT2D eigenvalue weighted by molar-refractivity contribution is 6.35. The number of hydrogen-bond donors (Lipinski definition) is 2. The minimum atomic E-state index is -2.07. The first kappa shape index (κ1) is 20.2. The van der Waals surface area contributed by atoms with E-state index >= 15 is 0 Å². The molecule has 0 heterocycles. The fraction of sp³-hybridized carbons (Fsp3) is 0.636. The molecule has 0 aliphatic rings. The zero-order valence-corrected chi connectivity index (χ0v) is 12.0. The number of carbonyl (C=O) groups is 3. The number of hydrogen-bond acceptors (Lipinski definition) is 7. The Morgan fingerprint density at radius 1 is 1.30 bits per heavy atom. The third-order valence-corrected chi connectivity index (χ3v) is 1.64. The number of carbonyl (C=O) groups excluding carboxylic acids is 2. The quantitative estimate of drug-likeness (QED) is 0.174. The van der Waals surface area contributed by atoms with Crippen molar-refractivity contribution in [3.8, 4) is 0 Å². The molecule has 0 bridgehead atoms. The molecule has 116 valence electrons. The van der Waals surface area contributed by atoms with E-state index in [0.29, 0.717) is 13.2 Å². The molecule has 0 amide bonds. The standard InChI is InChI=1S/C9H18N2O3.C2H2O4/c1-5-13-9(12)8(2)10-14-7-6-11(3)4;3-1(4)2(5)6/h5-7H2,1-4H3;(H,3,4)(H,5,6)/b10-8+;. The first-order valence-electron chi connectivity index (χ1n) is 5.79. The molecular weight excluding hydrogens is 272 g/mol. The van der Waals surface area contributed by atoms with Crippen LogP contribution >= 0.6 is 0 Å². The zero-order valence-electron chi connectivity index (χ0n) is 12.0. The van der Waals surface area contributed by atoms with Gasteiger partial charge in [0.25, 0.3) is 0 Å². The van der Waals surface area contributed by atoms with Crippen molar-refractivity contribution in [2.24, 2.45) is 5.16 Å². The number of nitrogens with one attached hydrogen (secondary N) is 1. The van der Waals surface area contributed by atoms with E-state index in [1.807, 2.05) is 14.1 Å². The molecule has 2 N–H and O–H groups in total. The van der Waals surface area contributed by atoms with Crippen LogP contribution in [0.15, 0.2) is 5.16 Å². The summed E-state index contributed by atoms with van der Waals surface area (Å²) in [7, 11) is 4.04. The Morgan fingerprint density at radius 2 is 1.80 bits per heavy atom. The highest BCUT2D eigenvalue weighted by Gasteiger charge is 2.06. The van der Waals surface area contributed by atoms with Gasteiger partial charge in [0.2, 0.25) is 0 Å². The molecule has 9 heteroatoms. The topological polar surface area (TPSA) is 130 Å². The van der Waals surface area contributed by atoms with Gasteiger partial charge in [-0.2, -0.15) is 0 Å². The van der Waals surface area contributed by atoms with Crippen molar-refractivity contribution >= 4 is 23.6 Å². The monoisotopic (exact) mass is 292 g/mol. The molecule has 0 spiro atoms. The number of quaternary nitrogens is 1. The molecule has 0 aromatic heterocycles. The summed E-state index contributed by atoms with van der Waals surface area (Å²) in [6, 6.07) is 0. The summed E-state index contributed by atoms with van der Waals surface area (Å²) in [4.78, 5) is 35.3. The van der Waals surface area contributed by atoms with E-state index in [0.717, 1.165) is 6.54 Å². The van der Waals surface area contributed by atoms with Gasteiger partial charge in [-0.1, -0.05) is 5.16 Å². The highest BCUT2D eigenvalue weighted by Crippen LogP contribution is 1.85. The Kier molecular flexibility index (Phi) is 12.0. The minimum absolute atomic E-state index is 0.251. The van der Waals surface area contributed by atoms with Crippen LogP contribution in [0.2, 0.25) is 0 Å². The van der Waals surface area contributed by atoms with Gasteiger partial charge in [-0.25, -0.2) is 9.59 Å². The number of likely N-dealkylation sites (N-methyl/N-ethyl adjacent to an activating group) is 1. The van der Waals surface area contributed by atoms with Gasteiger partial charge in [0.1, 0.15) is 6.54 Å². The van der Waals surface area contributed by atoms with Crippen LogP contribution in [0.5, 0.6) is 0 Å². The summed E-state index contributed by atoms with van der Waals surface area (Å²) < 4.78 is 4.73. The average Bonchev–Trinajstić information content (AvgIpc) is 2.35. The largest absolute Gasteiger partial charge is 0.539 e. The fourth-order valence-corrected chi connectivity index (χ4v) is 0.665. The summed E-state index contributed by atoms with van der Waals surface area (Å²) in [6.07, 6.45) is 0. The molecule has 9 nitrogen and oxygen atoms in total. The van der Waals surface area contributed by atoms with E-state index in [9.17, 15) is 4.79 Å². The number of oxime groups is 1. The lowest BCUT2D eigenvalue weighted by Crippen LogP contribution is -3.06. The van der Waals surface area contributed by atoms with Gasteiger partial charge < -0.3 is 29.5 Å². The average molecular weight is 292 g/mol. The normalized spacial score (nSPS) is 10.3. The summed E-state index contributed by atoms with van der Waals surface area (Å²) in [5.74, 6) is -4.44. The molecule has 20 heavy (non-hydrogen) atoms. The maximum atomic E-state index is 11.0. The molecule has 0 fully saturated rings. The SMILES string of the molecule is CCOC(=O)/C(C)=N/OCC[NH+](C)C.O=C([O-])C(=O)O. The van der Waals surface area contributed by atoms with Gasteiger partial charge >= 0.3 is 11.9 Å². The molecule has 0 aromatic carbocycles. The van der Waals surface area contributed by atoms with Crippen molar-refractivity contribution in [2.45, 2.75) is 13.8 Å². The lowest BCUT2D eigenvalue weighted by molar-refractivity contribution is -0.858.